The van der Waals surface area contributed by atoms with Crippen LogP contribution >= 0.6 is 0 Å². The number of nitrogens with zero attached hydrogens (tertiary/aromatic N) is 2. The van der Waals surface area contributed by atoms with Crippen LogP contribution in [0.25, 0.3) is 0 Å². The number of aryl methyl sites for hydroxylation is 1. The van der Waals surface area contributed by atoms with Gasteiger partial charge in [0, 0.05) is 5.69 Å². The summed E-state index contributed by atoms with van der Waals surface area (Å²) < 4.78 is 0. The molecule has 16 heavy (non-hydrogen) atoms. The highest BCUT2D eigenvalue weighted by Gasteiger charge is 2.22. The molecule has 0 aliphatic heterocycles. The van der Waals surface area contributed by atoms with Crippen LogP contribution in [0.1, 0.15) is 31.5 Å². The fraction of sp³-hybridized carbons (Fsp3) is 0.500. The highest BCUT2D eigenvalue weighted by Crippen LogP contribution is 2.19. The van der Waals surface area contributed by atoms with Crippen LogP contribution in [-0.2, 0) is 0 Å². The van der Waals surface area contributed by atoms with Crippen molar-refractivity contribution in [1.29, 1.82) is 5.26 Å². The predicted molar refractivity (Wildman–Crippen MR) is 63.1 cm³/mol. The lowest BCUT2D eigenvalue weighted by Gasteiger charge is -2.28. The van der Waals surface area contributed by atoms with E-state index in [0.29, 0.717) is 11.4 Å². The van der Waals surface area contributed by atoms with Gasteiger partial charge in [0.05, 0.1) is 17.7 Å². The average molecular weight is 219 g/mol. The van der Waals surface area contributed by atoms with Gasteiger partial charge in [-0.15, -0.1) is 0 Å². The van der Waals surface area contributed by atoms with Crippen LogP contribution in [0.3, 0.4) is 0 Å². The maximum absolute atomic E-state index is 9.31. The molecule has 4 heteroatoms. The Hall–Kier alpha value is -1.60. The number of hydrogen-bond donors (Lipinski definition) is 2. The third-order valence-corrected chi connectivity index (χ3v) is 2.70. The molecule has 0 aromatic carbocycles. The van der Waals surface area contributed by atoms with E-state index in [1.807, 2.05) is 20.8 Å². The first-order valence-electron chi connectivity index (χ1n) is 5.31. The summed E-state index contributed by atoms with van der Waals surface area (Å²) in [6.07, 6.45) is 0.754. The summed E-state index contributed by atoms with van der Waals surface area (Å²) in [6.45, 7) is 5.75. The standard InChI is InChI=1S/C12H17N3O/c1-4-12(3,8-16)15-11-10(7-13)6-5-9(2)14-11/h5-6,16H,4,8H2,1-3H3,(H,14,15). The van der Waals surface area contributed by atoms with E-state index in [4.69, 9.17) is 5.26 Å². The molecular formula is C12H17N3O. The molecule has 0 fully saturated rings. The zero-order valence-corrected chi connectivity index (χ0v) is 9.91. The van der Waals surface area contributed by atoms with Crippen LogP contribution in [0.2, 0.25) is 0 Å². The maximum atomic E-state index is 9.31. The van der Waals surface area contributed by atoms with Crippen molar-refractivity contribution in [2.75, 3.05) is 11.9 Å². The van der Waals surface area contributed by atoms with Crippen molar-refractivity contribution in [2.24, 2.45) is 0 Å². The lowest BCUT2D eigenvalue weighted by molar-refractivity contribution is 0.218. The van der Waals surface area contributed by atoms with Crippen molar-refractivity contribution in [2.45, 2.75) is 32.7 Å². The van der Waals surface area contributed by atoms with Gasteiger partial charge in [-0.2, -0.15) is 5.26 Å². The smallest absolute Gasteiger partial charge is 0.144 e. The van der Waals surface area contributed by atoms with E-state index >= 15 is 0 Å². The van der Waals surface area contributed by atoms with Gasteiger partial charge in [0.25, 0.3) is 0 Å². The summed E-state index contributed by atoms with van der Waals surface area (Å²) in [6, 6.07) is 5.62. The molecule has 1 aromatic heterocycles. The topological polar surface area (TPSA) is 68.9 Å². The summed E-state index contributed by atoms with van der Waals surface area (Å²) in [7, 11) is 0. The molecule has 0 aliphatic carbocycles. The fourth-order valence-corrected chi connectivity index (χ4v) is 1.27. The van der Waals surface area contributed by atoms with Crippen molar-refractivity contribution in [1.82, 2.24) is 4.98 Å². The summed E-state index contributed by atoms with van der Waals surface area (Å²) in [4.78, 5) is 4.28. The second-order valence-electron chi connectivity index (χ2n) is 4.16. The highest BCUT2D eigenvalue weighted by atomic mass is 16.3. The number of aliphatic hydroxyl groups excluding tert-OH is 1. The Kier molecular flexibility index (Phi) is 3.86. The number of pyridine rings is 1. The zero-order valence-electron chi connectivity index (χ0n) is 9.91. The molecule has 1 atom stereocenters. The largest absolute Gasteiger partial charge is 0.394 e. The van der Waals surface area contributed by atoms with Crippen LogP contribution in [0.5, 0.6) is 0 Å². The van der Waals surface area contributed by atoms with E-state index < -0.39 is 5.54 Å². The lowest BCUT2D eigenvalue weighted by atomic mass is 10.00. The minimum Gasteiger partial charge on any atom is -0.394 e. The SMILES string of the molecule is CCC(C)(CO)Nc1nc(C)ccc1C#N. The van der Waals surface area contributed by atoms with Crippen LogP contribution in [-0.4, -0.2) is 22.2 Å². The predicted octanol–water partition coefficient (Wildman–Crippen LogP) is 1.83. The number of aliphatic hydroxyl groups is 1. The lowest BCUT2D eigenvalue weighted by Crippen LogP contribution is -2.38. The van der Waals surface area contributed by atoms with Gasteiger partial charge in [-0.25, -0.2) is 4.98 Å². The molecule has 0 bridgehead atoms. The summed E-state index contributed by atoms with van der Waals surface area (Å²) in [5, 5.41) is 21.4. The average Bonchev–Trinajstić information content (AvgIpc) is 2.29. The van der Waals surface area contributed by atoms with Crippen molar-refractivity contribution in [3.63, 3.8) is 0 Å². The molecule has 1 aromatic rings. The minimum atomic E-state index is -0.438. The number of aromatic nitrogens is 1. The maximum Gasteiger partial charge on any atom is 0.144 e. The molecule has 0 saturated carbocycles. The second-order valence-corrected chi connectivity index (χ2v) is 4.16. The second kappa shape index (κ2) is 4.95. The Morgan fingerprint density at radius 3 is 2.75 bits per heavy atom. The zero-order chi connectivity index (χ0) is 12.2. The van der Waals surface area contributed by atoms with Gasteiger partial charge in [0.2, 0.25) is 0 Å². The Labute approximate surface area is 95.9 Å². The normalized spacial score (nSPS) is 13.9. The van der Waals surface area contributed by atoms with E-state index in [0.717, 1.165) is 12.1 Å². The van der Waals surface area contributed by atoms with Gasteiger partial charge in [-0.3, -0.25) is 0 Å². The van der Waals surface area contributed by atoms with Gasteiger partial charge < -0.3 is 10.4 Å². The van der Waals surface area contributed by atoms with Crippen molar-refractivity contribution in [3.8, 4) is 6.07 Å². The number of anilines is 1. The summed E-state index contributed by atoms with van der Waals surface area (Å²) in [5.41, 5.74) is 0.906. The van der Waals surface area contributed by atoms with Crippen LogP contribution < -0.4 is 5.32 Å². The first-order chi connectivity index (χ1) is 7.54. The first-order valence-corrected chi connectivity index (χ1v) is 5.31. The molecule has 2 N–H and O–H groups in total. The van der Waals surface area contributed by atoms with Crippen molar-refractivity contribution >= 4 is 5.82 Å². The number of hydrogen-bond acceptors (Lipinski definition) is 4. The molecule has 0 radical (unpaired) electrons. The number of nitrogens with one attached hydrogen (secondary N) is 1. The molecule has 86 valence electrons. The molecule has 1 unspecified atom stereocenters. The van der Waals surface area contributed by atoms with Crippen molar-refractivity contribution < 1.29 is 5.11 Å². The Balaban J connectivity index is 3.05. The number of rotatable bonds is 4. The molecule has 0 spiro atoms. The Morgan fingerprint density at radius 2 is 2.25 bits per heavy atom. The summed E-state index contributed by atoms with van der Waals surface area (Å²) >= 11 is 0. The van der Waals surface area contributed by atoms with Gasteiger partial charge >= 0.3 is 0 Å². The van der Waals surface area contributed by atoms with E-state index in [1.165, 1.54) is 0 Å². The molecule has 0 aliphatic rings. The Bertz CT molecular complexity index is 405. The van der Waals surface area contributed by atoms with Gasteiger partial charge in [-0.1, -0.05) is 6.92 Å². The molecule has 0 saturated heterocycles. The molecule has 1 rings (SSSR count). The quantitative estimate of drug-likeness (QED) is 0.810. The molecule has 4 nitrogen and oxygen atoms in total. The van der Waals surface area contributed by atoms with E-state index in [2.05, 4.69) is 16.4 Å². The van der Waals surface area contributed by atoms with Crippen LogP contribution in [0.15, 0.2) is 12.1 Å². The van der Waals surface area contributed by atoms with Crippen LogP contribution in [0.4, 0.5) is 5.82 Å². The first kappa shape index (κ1) is 12.5. The van der Waals surface area contributed by atoms with Gasteiger partial charge in [0.1, 0.15) is 11.9 Å². The van der Waals surface area contributed by atoms with E-state index in [-0.39, 0.29) is 6.61 Å². The van der Waals surface area contributed by atoms with Crippen molar-refractivity contribution in [3.05, 3.63) is 23.4 Å². The Morgan fingerprint density at radius 1 is 1.56 bits per heavy atom. The van der Waals surface area contributed by atoms with Gasteiger partial charge in [-0.05, 0) is 32.4 Å². The fourth-order valence-electron chi connectivity index (χ4n) is 1.27. The van der Waals surface area contributed by atoms with E-state index in [1.54, 1.807) is 12.1 Å². The van der Waals surface area contributed by atoms with E-state index in [9.17, 15) is 5.11 Å². The molecule has 0 amide bonds. The minimum absolute atomic E-state index is 0.00396. The van der Waals surface area contributed by atoms with Gasteiger partial charge in [0.15, 0.2) is 0 Å². The van der Waals surface area contributed by atoms with Crippen LogP contribution in [0, 0.1) is 18.3 Å². The monoisotopic (exact) mass is 219 g/mol. The third kappa shape index (κ3) is 2.71. The molecule has 1 heterocycles. The highest BCUT2D eigenvalue weighted by molar-refractivity contribution is 5.53. The summed E-state index contributed by atoms with van der Waals surface area (Å²) in [5.74, 6) is 0.543. The number of nitriles is 1. The molecular weight excluding hydrogens is 202 g/mol. The third-order valence-electron chi connectivity index (χ3n) is 2.70.